The van der Waals surface area contributed by atoms with E-state index in [0.717, 1.165) is 27.9 Å². The van der Waals surface area contributed by atoms with Gasteiger partial charge in [-0.15, -0.1) is 0 Å². The summed E-state index contributed by atoms with van der Waals surface area (Å²) in [6.45, 7) is 15.6. The average molecular weight is 593 g/mol. The maximum Gasteiger partial charge on any atom is 0.159 e. The highest BCUT2D eigenvalue weighted by Gasteiger charge is 2.18. The third-order valence-corrected chi connectivity index (χ3v) is 7.31. The van der Waals surface area contributed by atoms with Gasteiger partial charge in [0.1, 0.15) is 23.1 Å². The lowest BCUT2D eigenvalue weighted by Gasteiger charge is -2.14. The summed E-state index contributed by atoms with van der Waals surface area (Å²) >= 11 is 0. The molecule has 6 heteroatoms. The maximum atomic E-state index is 11.8. The number of aromatic hydroxyl groups is 1. The van der Waals surface area contributed by atoms with Crippen molar-refractivity contribution in [3.8, 4) is 34.0 Å². The molecule has 0 spiro atoms. The number of phenolic OH excluding ortho intramolecular Hbond substituents is 1. The van der Waals surface area contributed by atoms with E-state index < -0.39 is 0 Å². The summed E-state index contributed by atoms with van der Waals surface area (Å²) in [5.74, 6) is 2.08. The Bertz CT molecular complexity index is 1730. The van der Waals surface area contributed by atoms with Crippen LogP contribution in [0.2, 0.25) is 0 Å². The van der Waals surface area contributed by atoms with Crippen LogP contribution in [0.4, 0.5) is 0 Å². The second kappa shape index (κ2) is 15.6. The largest absolute Gasteiger partial charge is 0.508 e. The standard InChI is InChI=1S/C24H20N2O3.C12H18O.C2H6/c1-13-4-9-22-23(10-13)26-24(25-22)19-8-6-17(29)12-21(19)18-7-5-16(14(2)27)11-20(18)15(3)28;1-4-7-10(2)11-8-5-6-9-12(11)13-3;1-2/h4-12,28-29H,3H2,1-2H3,(H,25,26);5-6,8-10H,4,7H2,1-3H3;1-2H3. The number of carbonyl (C=O) groups excluding carboxylic acids is 1. The van der Waals surface area contributed by atoms with Crippen LogP contribution in [-0.4, -0.2) is 33.1 Å². The number of methoxy groups -OCH3 is 1. The van der Waals surface area contributed by atoms with Gasteiger partial charge in [-0.05, 0) is 90.9 Å². The van der Waals surface area contributed by atoms with Crippen LogP contribution in [0, 0.1) is 6.92 Å². The van der Waals surface area contributed by atoms with E-state index in [9.17, 15) is 15.0 Å². The first-order chi connectivity index (χ1) is 21.1. The third kappa shape index (κ3) is 7.95. The number of aliphatic hydroxyl groups excluding tert-OH is 1. The first-order valence-corrected chi connectivity index (χ1v) is 15.1. The number of hydrogen-bond donors (Lipinski definition) is 3. The third-order valence-electron chi connectivity index (χ3n) is 7.31. The van der Waals surface area contributed by atoms with Crippen molar-refractivity contribution in [1.29, 1.82) is 0 Å². The zero-order chi connectivity index (χ0) is 32.4. The molecule has 1 unspecified atom stereocenters. The molecule has 1 atom stereocenters. The van der Waals surface area contributed by atoms with E-state index in [-0.39, 0.29) is 17.3 Å². The van der Waals surface area contributed by atoms with E-state index in [1.54, 1.807) is 43.5 Å². The van der Waals surface area contributed by atoms with Crippen molar-refractivity contribution in [2.75, 3.05) is 7.11 Å². The lowest BCUT2D eigenvalue weighted by molar-refractivity contribution is 0.101. The number of rotatable bonds is 8. The van der Waals surface area contributed by atoms with Gasteiger partial charge in [-0.3, -0.25) is 4.79 Å². The van der Waals surface area contributed by atoms with Gasteiger partial charge in [0.15, 0.2) is 5.78 Å². The first kappa shape index (κ1) is 33.7. The first-order valence-electron chi connectivity index (χ1n) is 15.1. The number of H-pyrrole nitrogens is 1. The SMILES string of the molecule is C=C(O)c1cc(C(C)=O)ccc1-c1cc(O)ccc1-c1nc2ccc(C)cc2[nH]1.CC.CCCC(C)c1ccccc1OC. The van der Waals surface area contributed by atoms with Gasteiger partial charge >= 0.3 is 0 Å². The number of imidazole rings is 1. The van der Waals surface area contributed by atoms with Crippen molar-refractivity contribution in [3.05, 3.63) is 108 Å². The fourth-order valence-corrected chi connectivity index (χ4v) is 5.11. The summed E-state index contributed by atoms with van der Waals surface area (Å²) in [7, 11) is 1.73. The van der Waals surface area contributed by atoms with Gasteiger partial charge in [0.2, 0.25) is 0 Å². The van der Waals surface area contributed by atoms with E-state index in [2.05, 4.69) is 42.5 Å². The van der Waals surface area contributed by atoms with Gasteiger partial charge in [0, 0.05) is 16.7 Å². The van der Waals surface area contributed by atoms with Crippen LogP contribution >= 0.6 is 0 Å². The number of aryl methyl sites for hydroxylation is 1. The molecule has 0 aliphatic rings. The Kier molecular flexibility index (Phi) is 11.9. The summed E-state index contributed by atoms with van der Waals surface area (Å²) in [5, 5.41) is 20.3. The van der Waals surface area contributed by atoms with Crippen molar-refractivity contribution in [2.24, 2.45) is 0 Å². The Balaban J connectivity index is 0.000000296. The molecule has 0 radical (unpaired) electrons. The highest BCUT2D eigenvalue weighted by Crippen LogP contribution is 2.38. The number of para-hydroxylation sites is 1. The minimum atomic E-state index is -0.155. The van der Waals surface area contributed by atoms with Crippen molar-refractivity contribution in [1.82, 2.24) is 9.97 Å². The van der Waals surface area contributed by atoms with Crippen LogP contribution < -0.4 is 4.74 Å². The second-order valence-electron chi connectivity index (χ2n) is 10.5. The quantitative estimate of drug-likeness (QED) is 0.123. The summed E-state index contributed by atoms with van der Waals surface area (Å²) < 4.78 is 5.31. The molecule has 4 aromatic carbocycles. The van der Waals surface area contributed by atoms with E-state index in [1.807, 2.05) is 51.1 Å². The van der Waals surface area contributed by atoms with Crippen LogP contribution in [0.25, 0.3) is 39.3 Å². The van der Waals surface area contributed by atoms with E-state index in [0.29, 0.717) is 34.0 Å². The number of aliphatic hydroxyl groups is 1. The van der Waals surface area contributed by atoms with Crippen molar-refractivity contribution < 1.29 is 19.7 Å². The number of fused-ring (bicyclic) bond motifs is 1. The van der Waals surface area contributed by atoms with Gasteiger partial charge < -0.3 is 19.9 Å². The molecular weight excluding hydrogens is 548 g/mol. The molecule has 6 nitrogen and oxygen atoms in total. The number of nitrogens with one attached hydrogen (secondary N) is 1. The Morgan fingerprint density at radius 3 is 2.34 bits per heavy atom. The number of hydrogen-bond acceptors (Lipinski definition) is 5. The normalized spacial score (nSPS) is 11.1. The monoisotopic (exact) mass is 592 g/mol. The fourth-order valence-electron chi connectivity index (χ4n) is 5.11. The molecule has 0 fully saturated rings. The van der Waals surface area contributed by atoms with Gasteiger partial charge in [-0.2, -0.15) is 0 Å². The summed E-state index contributed by atoms with van der Waals surface area (Å²) in [5.41, 5.74) is 7.17. The Morgan fingerprint density at radius 1 is 0.977 bits per heavy atom. The number of ketones is 1. The molecule has 3 N–H and O–H groups in total. The van der Waals surface area contributed by atoms with Crippen molar-refractivity contribution in [2.45, 2.75) is 60.3 Å². The minimum Gasteiger partial charge on any atom is -0.508 e. The predicted molar refractivity (Wildman–Crippen MR) is 183 cm³/mol. The molecule has 1 heterocycles. The Labute approximate surface area is 261 Å². The molecule has 0 amide bonds. The summed E-state index contributed by atoms with van der Waals surface area (Å²) in [4.78, 5) is 19.8. The molecule has 5 aromatic rings. The van der Waals surface area contributed by atoms with E-state index in [4.69, 9.17) is 4.74 Å². The molecule has 44 heavy (non-hydrogen) atoms. The van der Waals surface area contributed by atoms with Crippen LogP contribution in [-0.2, 0) is 0 Å². The van der Waals surface area contributed by atoms with Crippen LogP contribution in [0.5, 0.6) is 11.5 Å². The summed E-state index contributed by atoms with van der Waals surface area (Å²) in [6, 6.07) is 24.3. The molecule has 230 valence electrons. The van der Waals surface area contributed by atoms with Gasteiger partial charge in [0.05, 0.1) is 18.1 Å². The number of carbonyl (C=O) groups is 1. The predicted octanol–water partition coefficient (Wildman–Crippen LogP) is 10.3. The second-order valence-corrected chi connectivity index (χ2v) is 10.5. The number of ether oxygens (including phenoxy) is 1. The van der Waals surface area contributed by atoms with Crippen molar-refractivity contribution >= 4 is 22.6 Å². The lowest BCUT2D eigenvalue weighted by Crippen LogP contribution is -1.97. The summed E-state index contributed by atoms with van der Waals surface area (Å²) in [6.07, 6.45) is 2.44. The van der Waals surface area contributed by atoms with Crippen LogP contribution in [0.3, 0.4) is 0 Å². The smallest absolute Gasteiger partial charge is 0.159 e. The minimum absolute atomic E-state index is 0.0841. The number of Topliss-reactive ketones (excluding diaryl/α,β-unsaturated/α-hetero) is 1. The molecule has 5 rings (SSSR count). The Hall–Kier alpha value is -4.84. The molecule has 0 bridgehead atoms. The van der Waals surface area contributed by atoms with E-state index in [1.165, 1.54) is 25.3 Å². The molecular formula is C38H44N2O4. The zero-order valence-corrected chi connectivity index (χ0v) is 26.9. The number of aromatic nitrogens is 2. The average Bonchev–Trinajstić information content (AvgIpc) is 3.45. The van der Waals surface area contributed by atoms with Gasteiger partial charge in [0.25, 0.3) is 0 Å². The highest BCUT2D eigenvalue weighted by molar-refractivity contribution is 5.97. The zero-order valence-electron chi connectivity index (χ0n) is 26.9. The molecule has 0 saturated carbocycles. The molecule has 1 aromatic heterocycles. The van der Waals surface area contributed by atoms with Crippen LogP contribution in [0.15, 0.2) is 85.4 Å². The van der Waals surface area contributed by atoms with Crippen molar-refractivity contribution in [3.63, 3.8) is 0 Å². The number of phenols is 1. The topological polar surface area (TPSA) is 95.4 Å². The maximum absolute atomic E-state index is 11.8. The molecule has 0 aliphatic heterocycles. The number of benzene rings is 4. The fraction of sp³-hybridized carbons (Fsp3) is 0.263. The molecule has 0 aliphatic carbocycles. The van der Waals surface area contributed by atoms with Gasteiger partial charge in [-0.1, -0.05) is 77.1 Å². The number of aromatic amines is 1. The van der Waals surface area contributed by atoms with E-state index >= 15 is 0 Å². The lowest BCUT2D eigenvalue weighted by atomic mass is 9.92. The molecule has 0 saturated heterocycles. The Morgan fingerprint density at radius 2 is 1.68 bits per heavy atom. The van der Waals surface area contributed by atoms with Crippen LogP contribution in [0.1, 0.15) is 80.4 Å². The van der Waals surface area contributed by atoms with Gasteiger partial charge in [-0.25, -0.2) is 4.98 Å². The number of nitrogens with zero attached hydrogens (tertiary/aromatic N) is 1. The highest BCUT2D eigenvalue weighted by atomic mass is 16.5.